The van der Waals surface area contributed by atoms with Crippen LogP contribution in [-0.4, -0.2) is 57.6 Å². The summed E-state index contributed by atoms with van der Waals surface area (Å²) in [5, 5.41) is 8.63. The minimum absolute atomic E-state index is 0.139. The third kappa shape index (κ3) is 4.43. The van der Waals surface area contributed by atoms with E-state index in [1.54, 1.807) is 14.2 Å². The molecular formula is C16H22N2O3. The number of ether oxygens (including phenoxy) is 3. The van der Waals surface area contributed by atoms with Crippen LogP contribution in [-0.2, 0) is 15.9 Å². The van der Waals surface area contributed by atoms with Gasteiger partial charge in [0.25, 0.3) is 0 Å². The minimum Gasteiger partial charge on any atom is -0.492 e. The van der Waals surface area contributed by atoms with E-state index in [4.69, 9.17) is 19.5 Å². The molecule has 0 amide bonds. The minimum atomic E-state index is 0.139. The third-order valence-corrected chi connectivity index (χ3v) is 3.78. The summed E-state index contributed by atoms with van der Waals surface area (Å²) in [7, 11) is 3.44. The van der Waals surface area contributed by atoms with Crippen LogP contribution in [0.3, 0.4) is 0 Å². The van der Waals surface area contributed by atoms with Gasteiger partial charge in [0, 0.05) is 33.9 Å². The Kier molecular flexibility index (Phi) is 6.00. The van der Waals surface area contributed by atoms with E-state index in [1.807, 2.05) is 24.3 Å². The first-order valence-electron chi connectivity index (χ1n) is 7.13. The van der Waals surface area contributed by atoms with Gasteiger partial charge in [-0.05, 0) is 17.7 Å². The first kappa shape index (κ1) is 15.8. The lowest BCUT2D eigenvalue weighted by Gasteiger charge is -2.15. The smallest absolute Gasteiger partial charge is 0.119 e. The summed E-state index contributed by atoms with van der Waals surface area (Å²) < 4.78 is 16.6. The van der Waals surface area contributed by atoms with Crippen molar-refractivity contribution >= 4 is 0 Å². The zero-order valence-electron chi connectivity index (χ0n) is 12.6. The predicted octanol–water partition coefficient (Wildman–Crippen LogP) is 1.48. The summed E-state index contributed by atoms with van der Waals surface area (Å²) in [4.78, 5) is 2.28. The Morgan fingerprint density at radius 2 is 1.76 bits per heavy atom. The van der Waals surface area contributed by atoms with Crippen molar-refractivity contribution in [1.82, 2.24) is 4.90 Å². The van der Waals surface area contributed by atoms with Crippen molar-refractivity contribution in [3.05, 3.63) is 29.8 Å². The van der Waals surface area contributed by atoms with Gasteiger partial charge in [-0.15, -0.1) is 0 Å². The van der Waals surface area contributed by atoms with E-state index in [-0.39, 0.29) is 12.2 Å². The molecular weight excluding hydrogens is 268 g/mol. The zero-order chi connectivity index (χ0) is 15.1. The van der Waals surface area contributed by atoms with E-state index >= 15 is 0 Å². The molecule has 0 N–H and O–H groups in total. The van der Waals surface area contributed by atoms with Crippen molar-refractivity contribution in [2.24, 2.45) is 0 Å². The van der Waals surface area contributed by atoms with Gasteiger partial charge in [0.2, 0.25) is 0 Å². The van der Waals surface area contributed by atoms with Crippen LogP contribution in [0.2, 0.25) is 0 Å². The Morgan fingerprint density at radius 1 is 1.14 bits per heavy atom. The second-order valence-corrected chi connectivity index (χ2v) is 5.14. The molecule has 0 radical (unpaired) electrons. The number of hydrogen-bond donors (Lipinski definition) is 0. The Hall–Kier alpha value is -1.61. The molecule has 0 aliphatic carbocycles. The number of nitrogens with zero attached hydrogens (tertiary/aromatic N) is 2. The van der Waals surface area contributed by atoms with Gasteiger partial charge in [-0.25, -0.2) is 0 Å². The van der Waals surface area contributed by atoms with Crippen molar-refractivity contribution in [3.8, 4) is 11.8 Å². The van der Waals surface area contributed by atoms with Gasteiger partial charge in [0.05, 0.1) is 24.7 Å². The maximum absolute atomic E-state index is 8.63. The lowest BCUT2D eigenvalue weighted by atomic mass is 10.2. The van der Waals surface area contributed by atoms with E-state index in [1.165, 1.54) is 0 Å². The molecule has 1 fully saturated rings. The average molecular weight is 290 g/mol. The molecule has 0 spiro atoms. The largest absolute Gasteiger partial charge is 0.492 e. The molecule has 5 heteroatoms. The number of nitriles is 1. The number of benzene rings is 1. The van der Waals surface area contributed by atoms with E-state index in [9.17, 15) is 0 Å². The first-order valence-corrected chi connectivity index (χ1v) is 7.13. The summed E-state index contributed by atoms with van der Waals surface area (Å²) in [6.45, 7) is 3.23. The fraction of sp³-hybridized carbons (Fsp3) is 0.562. The van der Waals surface area contributed by atoms with Gasteiger partial charge in [-0.2, -0.15) is 5.26 Å². The van der Waals surface area contributed by atoms with Gasteiger partial charge in [-0.1, -0.05) is 12.1 Å². The van der Waals surface area contributed by atoms with E-state index in [0.29, 0.717) is 13.0 Å². The van der Waals surface area contributed by atoms with Crippen LogP contribution < -0.4 is 4.74 Å². The number of methoxy groups -OCH3 is 2. The lowest BCUT2D eigenvalue weighted by Crippen LogP contribution is -2.27. The summed E-state index contributed by atoms with van der Waals surface area (Å²) in [5.41, 5.74) is 1.01. The maximum atomic E-state index is 8.63. The highest BCUT2D eigenvalue weighted by Gasteiger charge is 2.32. The molecule has 1 saturated heterocycles. The fourth-order valence-electron chi connectivity index (χ4n) is 2.54. The summed E-state index contributed by atoms with van der Waals surface area (Å²) in [5.74, 6) is 0.836. The van der Waals surface area contributed by atoms with Gasteiger partial charge in [0.1, 0.15) is 12.4 Å². The molecule has 114 valence electrons. The Balaban J connectivity index is 1.73. The Bertz CT molecular complexity index is 457. The molecule has 21 heavy (non-hydrogen) atoms. The average Bonchev–Trinajstić information content (AvgIpc) is 2.92. The van der Waals surface area contributed by atoms with Crippen molar-refractivity contribution in [2.75, 3.05) is 40.5 Å². The van der Waals surface area contributed by atoms with Crippen molar-refractivity contribution in [3.63, 3.8) is 0 Å². The first-order chi connectivity index (χ1) is 10.3. The maximum Gasteiger partial charge on any atom is 0.119 e. The second kappa shape index (κ2) is 7.99. The molecule has 0 saturated carbocycles. The SMILES string of the molecule is COC1CN(CCOc2ccc(CC#N)cc2)CC1OC. The number of hydrogen-bond acceptors (Lipinski definition) is 5. The molecule has 1 aliphatic rings. The van der Waals surface area contributed by atoms with Gasteiger partial charge in [-0.3, -0.25) is 4.90 Å². The van der Waals surface area contributed by atoms with Crippen molar-refractivity contribution in [1.29, 1.82) is 5.26 Å². The summed E-state index contributed by atoms with van der Waals surface area (Å²) in [6.07, 6.45) is 0.714. The normalized spacial score (nSPS) is 22.1. The monoisotopic (exact) mass is 290 g/mol. The van der Waals surface area contributed by atoms with E-state index in [2.05, 4.69) is 11.0 Å². The number of likely N-dealkylation sites (tertiary alicyclic amines) is 1. The lowest BCUT2D eigenvalue weighted by molar-refractivity contribution is -0.00461. The van der Waals surface area contributed by atoms with Crippen molar-refractivity contribution in [2.45, 2.75) is 18.6 Å². The zero-order valence-corrected chi connectivity index (χ0v) is 12.6. The van der Waals surface area contributed by atoms with Crippen LogP contribution in [0.5, 0.6) is 5.75 Å². The fourth-order valence-corrected chi connectivity index (χ4v) is 2.54. The van der Waals surface area contributed by atoms with Crippen molar-refractivity contribution < 1.29 is 14.2 Å². The topological polar surface area (TPSA) is 54.7 Å². The number of rotatable bonds is 7. The predicted molar refractivity (Wildman–Crippen MR) is 79.3 cm³/mol. The second-order valence-electron chi connectivity index (χ2n) is 5.14. The molecule has 1 heterocycles. The summed E-state index contributed by atoms with van der Waals surface area (Å²) >= 11 is 0. The molecule has 2 atom stereocenters. The van der Waals surface area contributed by atoms with E-state index < -0.39 is 0 Å². The summed E-state index contributed by atoms with van der Waals surface area (Å²) in [6, 6.07) is 9.80. The van der Waals surface area contributed by atoms with Gasteiger partial charge < -0.3 is 14.2 Å². The van der Waals surface area contributed by atoms with Crippen LogP contribution in [0.15, 0.2) is 24.3 Å². The highest BCUT2D eigenvalue weighted by Crippen LogP contribution is 2.16. The van der Waals surface area contributed by atoms with Crippen LogP contribution in [0.1, 0.15) is 5.56 Å². The molecule has 0 aromatic heterocycles. The Morgan fingerprint density at radius 3 is 2.29 bits per heavy atom. The van der Waals surface area contributed by atoms with Crippen LogP contribution in [0.25, 0.3) is 0 Å². The van der Waals surface area contributed by atoms with Crippen LogP contribution in [0.4, 0.5) is 0 Å². The van der Waals surface area contributed by atoms with Crippen LogP contribution >= 0.6 is 0 Å². The third-order valence-electron chi connectivity index (χ3n) is 3.78. The van der Waals surface area contributed by atoms with Gasteiger partial charge >= 0.3 is 0 Å². The molecule has 1 aliphatic heterocycles. The molecule has 0 bridgehead atoms. The highest BCUT2D eigenvalue weighted by atomic mass is 16.5. The molecule has 2 unspecified atom stereocenters. The molecule has 1 aromatic rings. The quantitative estimate of drug-likeness (QED) is 0.761. The van der Waals surface area contributed by atoms with Crippen LogP contribution in [0, 0.1) is 11.3 Å². The molecule has 1 aromatic carbocycles. The highest BCUT2D eigenvalue weighted by molar-refractivity contribution is 5.28. The molecule has 2 rings (SSSR count). The molecule has 5 nitrogen and oxygen atoms in total. The standard InChI is InChI=1S/C16H22N2O3/c1-19-15-11-18(12-16(15)20-2)9-10-21-14-5-3-13(4-6-14)7-8-17/h3-6,15-16H,7,9-12H2,1-2H3. The van der Waals surface area contributed by atoms with Gasteiger partial charge in [0.15, 0.2) is 0 Å². The van der Waals surface area contributed by atoms with E-state index in [0.717, 1.165) is 30.9 Å². The Labute approximate surface area is 126 Å².